The molecule has 0 saturated carbocycles. The van der Waals surface area contributed by atoms with E-state index in [1.165, 1.54) is 0 Å². The van der Waals surface area contributed by atoms with Gasteiger partial charge in [0.1, 0.15) is 11.5 Å². The van der Waals surface area contributed by atoms with E-state index >= 15 is 0 Å². The second-order valence-corrected chi connectivity index (χ2v) is 7.55. The summed E-state index contributed by atoms with van der Waals surface area (Å²) in [5.74, 6) is 0.0482. The number of methoxy groups -OCH3 is 2. The van der Waals surface area contributed by atoms with Crippen LogP contribution >= 0.6 is 0 Å². The standard InChI is InChI=1S/C20H27N3O5/c1-13(2)11-22-18(24)19(25)23(20(22)26)12-21-9-5-6-16(21)15-10-14(27-3)7-8-17(15)28-4/h7-8,10,13,16H,5-6,9,11-12H2,1-4H3/t16-/m0/s1. The highest BCUT2D eigenvalue weighted by atomic mass is 16.5. The zero-order valence-corrected chi connectivity index (χ0v) is 16.8. The highest BCUT2D eigenvalue weighted by molar-refractivity contribution is 6.44. The van der Waals surface area contributed by atoms with Crippen molar-refractivity contribution in [3.8, 4) is 11.5 Å². The highest BCUT2D eigenvalue weighted by Crippen LogP contribution is 2.39. The third-order valence-corrected chi connectivity index (χ3v) is 5.17. The Morgan fingerprint density at radius 2 is 1.79 bits per heavy atom. The first-order chi connectivity index (χ1) is 13.4. The number of ether oxygens (including phenoxy) is 2. The molecular weight excluding hydrogens is 362 g/mol. The molecule has 28 heavy (non-hydrogen) atoms. The van der Waals surface area contributed by atoms with Crippen LogP contribution in [-0.4, -0.2) is 66.5 Å². The van der Waals surface area contributed by atoms with Gasteiger partial charge in [0, 0.05) is 24.7 Å². The summed E-state index contributed by atoms with van der Waals surface area (Å²) in [6.45, 7) is 4.86. The highest BCUT2D eigenvalue weighted by Gasteiger charge is 2.46. The minimum Gasteiger partial charge on any atom is -0.497 e. The molecule has 0 radical (unpaired) electrons. The fraction of sp³-hybridized carbons (Fsp3) is 0.550. The number of imide groups is 2. The van der Waals surface area contributed by atoms with Crippen LogP contribution in [0.15, 0.2) is 18.2 Å². The summed E-state index contributed by atoms with van der Waals surface area (Å²) in [7, 11) is 3.22. The van der Waals surface area contributed by atoms with Crippen molar-refractivity contribution in [2.45, 2.75) is 32.7 Å². The lowest BCUT2D eigenvalue weighted by atomic mass is 10.0. The van der Waals surface area contributed by atoms with E-state index in [2.05, 4.69) is 0 Å². The maximum atomic E-state index is 12.7. The number of nitrogens with zero attached hydrogens (tertiary/aromatic N) is 3. The fourth-order valence-electron chi connectivity index (χ4n) is 3.83. The lowest BCUT2D eigenvalue weighted by molar-refractivity contribution is -0.144. The number of amides is 4. The van der Waals surface area contributed by atoms with Crippen molar-refractivity contribution in [2.75, 3.05) is 34.0 Å². The third-order valence-electron chi connectivity index (χ3n) is 5.17. The van der Waals surface area contributed by atoms with E-state index in [4.69, 9.17) is 9.47 Å². The monoisotopic (exact) mass is 389 g/mol. The first-order valence-electron chi connectivity index (χ1n) is 9.50. The third kappa shape index (κ3) is 3.69. The van der Waals surface area contributed by atoms with Crippen molar-refractivity contribution in [3.05, 3.63) is 23.8 Å². The summed E-state index contributed by atoms with van der Waals surface area (Å²) < 4.78 is 10.8. The van der Waals surface area contributed by atoms with Crippen LogP contribution in [0.3, 0.4) is 0 Å². The molecule has 2 fully saturated rings. The van der Waals surface area contributed by atoms with Crippen LogP contribution < -0.4 is 9.47 Å². The molecule has 2 aliphatic rings. The Bertz CT molecular complexity index is 779. The second kappa shape index (κ2) is 8.18. The summed E-state index contributed by atoms with van der Waals surface area (Å²) in [6, 6.07) is 5.04. The van der Waals surface area contributed by atoms with Gasteiger partial charge in [0.05, 0.1) is 20.9 Å². The molecule has 1 atom stereocenters. The van der Waals surface area contributed by atoms with E-state index in [1.54, 1.807) is 14.2 Å². The second-order valence-electron chi connectivity index (χ2n) is 7.55. The first kappa shape index (κ1) is 20.1. The van der Waals surface area contributed by atoms with Crippen molar-refractivity contribution in [1.29, 1.82) is 0 Å². The molecule has 2 heterocycles. The molecule has 0 spiro atoms. The van der Waals surface area contributed by atoms with Gasteiger partial charge in [0.25, 0.3) is 0 Å². The maximum absolute atomic E-state index is 12.7. The van der Waals surface area contributed by atoms with Gasteiger partial charge in [-0.15, -0.1) is 0 Å². The molecule has 4 amide bonds. The van der Waals surface area contributed by atoms with Gasteiger partial charge in [0.15, 0.2) is 0 Å². The number of hydrogen-bond acceptors (Lipinski definition) is 6. The normalized spacial score (nSPS) is 20.6. The Morgan fingerprint density at radius 1 is 1.07 bits per heavy atom. The molecule has 8 heteroatoms. The molecule has 3 rings (SSSR count). The number of rotatable bonds is 7. The number of benzene rings is 1. The average Bonchev–Trinajstić information content (AvgIpc) is 3.22. The van der Waals surface area contributed by atoms with Gasteiger partial charge in [-0.25, -0.2) is 9.69 Å². The summed E-state index contributed by atoms with van der Waals surface area (Å²) in [6.07, 6.45) is 1.79. The SMILES string of the molecule is COc1ccc(OC)c([C@@H]2CCCN2CN2C(=O)C(=O)N(CC(C)C)C2=O)c1. The molecule has 2 aliphatic heterocycles. The quantitative estimate of drug-likeness (QED) is 0.526. The van der Waals surface area contributed by atoms with Gasteiger partial charge < -0.3 is 9.47 Å². The van der Waals surface area contributed by atoms with Crippen molar-refractivity contribution >= 4 is 17.8 Å². The van der Waals surface area contributed by atoms with Crippen LogP contribution in [0.25, 0.3) is 0 Å². The summed E-state index contributed by atoms with van der Waals surface area (Å²) >= 11 is 0. The molecule has 1 aromatic rings. The first-order valence-corrected chi connectivity index (χ1v) is 9.50. The van der Waals surface area contributed by atoms with E-state index in [9.17, 15) is 14.4 Å². The fourth-order valence-corrected chi connectivity index (χ4v) is 3.83. The predicted molar refractivity (Wildman–Crippen MR) is 102 cm³/mol. The number of likely N-dealkylation sites (tertiary alicyclic amines) is 1. The summed E-state index contributed by atoms with van der Waals surface area (Å²) in [4.78, 5) is 41.4. The topological polar surface area (TPSA) is 79.4 Å². The molecule has 1 aromatic carbocycles. The Kier molecular flexibility index (Phi) is 5.88. The number of urea groups is 1. The van der Waals surface area contributed by atoms with Gasteiger partial charge in [0.2, 0.25) is 0 Å². The number of hydrogen-bond donors (Lipinski definition) is 0. The van der Waals surface area contributed by atoms with Crippen molar-refractivity contribution < 1.29 is 23.9 Å². The Hall–Kier alpha value is -2.61. The smallest absolute Gasteiger partial charge is 0.335 e. The van der Waals surface area contributed by atoms with E-state index < -0.39 is 17.8 Å². The van der Waals surface area contributed by atoms with E-state index in [-0.39, 0.29) is 25.2 Å². The molecular formula is C20H27N3O5. The Labute approximate surface area is 165 Å². The zero-order valence-electron chi connectivity index (χ0n) is 16.8. The zero-order chi connectivity index (χ0) is 20.4. The van der Waals surface area contributed by atoms with Gasteiger partial charge >= 0.3 is 17.8 Å². The molecule has 0 aliphatic carbocycles. The molecule has 0 N–H and O–H groups in total. The lowest BCUT2D eigenvalue weighted by Gasteiger charge is -2.29. The van der Waals surface area contributed by atoms with E-state index in [1.807, 2.05) is 36.9 Å². The molecule has 0 unspecified atom stereocenters. The van der Waals surface area contributed by atoms with Gasteiger partial charge in [-0.2, -0.15) is 0 Å². The number of carbonyl (C=O) groups excluding carboxylic acids is 3. The minimum absolute atomic E-state index is 0.0279. The molecule has 2 saturated heterocycles. The summed E-state index contributed by atoms with van der Waals surface area (Å²) in [5, 5.41) is 0. The van der Waals surface area contributed by atoms with E-state index in [0.29, 0.717) is 5.75 Å². The van der Waals surface area contributed by atoms with Crippen molar-refractivity contribution in [1.82, 2.24) is 14.7 Å². The Morgan fingerprint density at radius 3 is 2.43 bits per heavy atom. The van der Waals surface area contributed by atoms with Crippen LogP contribution in [0.5, 0.6) is 11.5 Å². The summed E-state index contributed by atoms with van der Waals surface area (Å²) in [5.41, 5.74) is 0.948. The maximum Gasteiger partial charge on any atom is 0.335 e. The van der Waals surface area contributed by atoms with Gasteiger partial charge in [-0.1, -0.05) is 13.8 Å². The molecule has 0 aromatic heterocycles. The molecule has 0 bridgehead atoms. The van der Waals surface area contributed by atoms with Crippen LogP contribution in [0.2, 0.25) is 0 Å². The Balaban J connectivity index is 1.82. The predicted octanol–water partition coefficient (Wildman–Crippen LogP) is 2.25. The number of carbonyl (C=O) groups is 3. The van der Waals surface area contributed by atoms with Crippen molar-refractivity contribution in [2.24, 2.45) is 5.92 Å². The van der Waals surface area contributed by atoms with Gasteiger partial charge in [-0.05, 0) is 37.0 Å². The average molecular weight is 389 g/mol. The molecule has 8 nitrogen and oxygen atoms in total. The van der Waals surface area contributed by atoms with Crippen LogP contribution in [0.1, 0.15) is 38.3 Å². The minimum atomic E-state index is -0.756. The lowest BCUT2D eigenvalue weighted by Crippen LogP contribution is -2.42. The van der Waals surface area contributed by atoms with Crippen molar-refractivity contribution in [3.63, 3.8) is 0 Å². The largest absolute Gasteiger partial charge is 0.497 e. The van der Waals surface area contributed by atoms with Crippen LogP contribution in [-0.2, 0) is 9.59 Å². The van der Waals surface area contributed by atoms with Crippen LogP contribution in [0.4, 0.5) is 4.79 Å². The molecule has 152 valence electrons. The van der Waals surface area contributed by atoms with Gasteiger partial charge in [-0.3, -0.25) is 19.4 Å². The van der Waals surface area contributed by atoms with E-state index in [0.717, 1.165) is 40.5 Å². The van der Waals surface area contributed by atoms with Crippen LogP contribution in [0, 0.1) is 5.92 Å².